The number of hydrogen-bond donors (Lipinski definition) is 0. The van der Waals surface area contributed by atoms with Gasteiger partial charge in [-0.3, -0.25) is 9.78 Å². The number of fused-ring (bicyclic) bond motifs is 1. The van der Waals surface area contributed by atoms with Crippen molar-refractivity contribution in [1.82, 2.24) is 14.9 Å². The van der Waals surface area contributed by atoms with E-state index in [0.717, 1.165) is 22.5 Å². The summed E-state index contributed by atoms with van der Waals surface area (Å²) in [6.07, 6.45) is 5.27. The molecule has 0 saturated heterocycles. The fourth-order valence-corrected chi connectivity index (χ4v) is 3.46. The Morgan fingerprint density at radius 2 is 2.04 bits per heavy atom. The average Bonchev–Trinajstić information content (AvgIpc) is 2.93. The van der Waals surface area contributed by atoms with Gasteiger partial charge in [0.05, 0.1) is 37.2 Å². The Hall–Kier alpha value is -3.15. The van der Waals surface area contributed by atoms with Gasteiger partial charge in [-0.15, -0.1) is 0 Å². The topological polar surface area (TPSA) is 64.6 Å². The summed E-state index contributed by atoms with van der Waals surface area (Å²) in [7, 11) is 3.11. The summed E-state index contributed by atoms with van der Waals surface area (Å²) >= 11 is 0. The Bertz CT molecular complexity index is 950. The third-order valence-corrected chi connectivity index (χ3v) is 4.81. The Morgan fingerprint density at radius 3 is 2.63 bits per heavy atom. The number of pyridine rings is 2. The van der Waals surface area contributed by atoms with Crippen molar-refractivity contribution in [2.75, 3.05) is 14.2 Å². The first-order chi connectivity index (χ1) is 13.0. The quantitative estimate of drug-likeness (QED) is 0.747. The standard InChI is InChI=1S/C21H23N3O3/c1-7-15(8-2)24-13(4)16-10-17(23-12(3)19(16)21(24)25)14-9-18(26-5)20(27-6)22-11-14/h7-11,13H,1H2,2-6H3/b15-8+. The molecule has 3 rings (SSSR count). The molecule has 6 heteroatoms. The number of ether oxygens (including phenoxy) is 2. The van der Waals surface area contributed by atoms with Crippen LogP contribution in [0.1, 0.15) is 41.5 Å². The van der Waals surface area contributed by atoms with Crippen LogP contribution in [0.25, 0.3) is 11.3 Å². The van der Waals surface area contributed by atoms with E-state index in [1.807, 2.05) is 39.0 Å². The molecule has 3 heterocycles. The lowest BCUT2D eigenvalue weighted by molar-refractivity contribution is 0.0801. The van der Waals surface area contributed by atoms with Crippen molar-refractivity contribution >= 4 is 5.91 Å². The largest absolute Gasteiger partial charge is 0.491 e. The van der Waals surface area contributed by atoms with E-state index in [1.54, 1.807) is 31.4 Å². The lowest BCUT2D eigenvalue weighted by atomic mass is 10.0. The molecular weight excluding hydrogens is 342 g/mol. The van der Waals surface area contributed by atoms with Crippen LogP contribution in [0.5, 0.6) is 11.6 Å². The molecule has 0 aliphatic carbocycles. The molecule has 0 spiro atoms. The molecule has 1 atom stereocenters. The summed E-state index contributed by atoms with van der Waals surface area (Å²) in [4.78, 5) is 23.7. The summed E-state index contributed by atoms with van der Waals surface area (Å²) < 4.78 is 10.5. The molecular formula is C21H23N3O3. The fourth-order valence-electron chi connectivity index (χ4n) is 3.46. The summed E-state index contributed by atoms with van der Waals surface area (Å²) in [5, 5.41) is 0. The predicted molar refractivity (Wildman–Crippen MR) is 104 cm³/mol. The van der Waals surface area contributed by atoms with E-state index in [-0.39, 0.29) is 11.9 Å². The van der Waals surface area contributed by atoms with Gasteiger partial charge in [-0.05, 0) is 44.5 Å². The van der Waals surface area contributed by atoms with Crippen molar-refractivity contribution < 1.29 is 14.3 Å². The SMILES string of the molecule is C=C/C(=C\C)N1C(=O)c2c(cc(-c3cnc(OC)c(OC)c3)nc2C)C1C. The second kappa shape index (κ2) is 7.23. The molecule has 1 aliphatic rings. The molecule has 0 saturated carbocycles. The van der Waals surface area contributed by atoms with Gasteiger partial charge in [0.1, 0.15) is 0 Å². The lowest BCUT2D eigenvalue weighted by Crippen LogP contribution is -2.25. The van der Waals surface area contributed by atoms with E-state index in [1.165, 1.54) is 0 Å². The zero-order valence-electron chi connectivity index (χ0n) is 16.2. The molecule has 1 aliphatic heterocycles. The number of amides is 1. The Kier molecular flexibility index (Phi) is 4.99. The second-order valence-corrected chi connectivity index (χ2v) is 6.26. The minimum absolute atomic E-state index is 0.0486. The highest BCUT2D eigenvalue weighted by atomic mass is 16.5. The minimum Gasteiger partial charge on any atom is -0.491 e. The predicted octanol–water partition coefficient (Wildman–Crippen LogP) is 4.08. The van der Waals surface area contributed by atoms with Crippen molar-refractivity contribution in [2.45, 2.75) is 26.8 Å². The highest BCUT2D eigenvalue weighted by Crippen LogP contribution is 2.39. The molecule has 0 aromatic carbocycles. The molecule has 2 aromatic rings. The molecule has 6 nitrogen and oxygen atoms in total. The number of allylic oxidation sites excluding steroid dienone is 2. The van der Waals surface area contributed by atoms with E-state index < -0.39 is 0 Å². The Morgan fingerprint density at radius 1 is 1.30 bits per heavy atom. The maximum atomic E-state index is 13.0. The molecule has 0 fully saturated rings. The minimum atomic E-state index is -0.106. The lowest BCUT2D eigenvalue weighted by Gasteiger charge is -2.22. The van der Waals surface area contributed by atoms with Crippen LogP contribution in [-0.2, 0) is 0 Å². The Labute approximate surface area is 159 Å². The number of carbonyl (C=O) groups is 1. The molecule has 1 unspecified atom stereocenters. The van der Waals surface area contributed by atoms with Crippen LogP contribution in [0.3, 0.4) is 0 Å². The van der Waals surface area contributed by atoms with Crippen molar-refractivity contribution in [3.63, 3.8) is 0 Å². The highest BCUT2D eigenvalue weighted by molar-refractivity contribution is 6.01. The number of rotatable bonds is 5. The van der Waals surface area contributed by atoms with Crippen molar-refractivity contribution in [3.8, 4) is 22.9 Å². The van der Waals surface area contributed by atoms with E-state index in [9.17, 15) is 4.79 Å². The van der Waals surface area contributed by atoms with Gasteiger partial charge in [-0.1, -0.05) is 12.7 Å². The highest BCUT2D eigenvalue weighted by Gasteiger charge is 2.37. The van der Waals surface area contributed by atoms with Crippen LogP contribution in [-0.4, -0.2) is 35.0 Å². The van der Waals surface area contributed by atoms with Crippen LogP contribution >= 0.6 is 0 Å². The van der Waals surface area contributed by atoms with Gasteiger partial charge in [-0.2, -0.15) is 0 Å². The monoisotopic (exact) mass is 365 g/mol. The van der Waals surface area contributed by atoms with E-state index >= 15 is 0 Å². The fraction of sp³-hybridized carbons (Fsp3) is 0.286. The third kappa shape index (κ3) is 2.97. The number of hydrogen-bond acceptors (Lipinski definition) is 5. The van der Waals surface area contributed by atoms with Crippen LogP contribution in [0, 0.1) is 6.92 Å². The molecule has 0 radical (unpaired) electrons. The van der Waals surface area contributed by atoms with Crippen LogP contribution in [0.4, 0.5) is 0 Å². The molecule has 2 aromatic heterocycles. The van der Waals surface area contributed by atoms with E-state index in [4.69, 9.17) is 9.47 Å². The van der Waals surface area contributed by atoms with Gasteiger partial charge in [0, 0.05) is 17.5 Å². The van der Waals surface area contributed by atoms with Crippen molar-refractivity contribution in [2.24, 2.45) is 0 Å². The first-order valence-corrected chi connectivity index (χ1v) is 8.69. The summed E-state index contributed by atoms with van der Waals surface area (Å²) in [5.41, 5.74) is 4.61. The summed E-state index contributed by atoms with van der Waals surface area (Å²) in [6.45, 7) is 9.58. The average molecular weight is 365 g/mol. The molecule has 140 valence electrons. The van der Waals surface area contributed by atoms with Crippen LogP contribution < -0.4 is 9.47 Å². The zero-order valence-corrected chi connectivity index (χ0v) is 16.2. The first kappa shape index (κ1) is 18.6. The maximum absolute atomic E-state index is 13.0. The van der Waals surface area contributed by atoms with Crippen molar-refractivity contribution in [3.05, 3.63) is 59.6 Å². The number of nitrogens with zero attached hydrogens (tertiary/aromatic N) is 3. The Balaban J connectivity index is 2.12. The van der Waals surface area contributed by atoms with E-state index in [0.29, 0.717) is 22.9 Å². The molecule has 0 bridgehead atoms. The zero-order chi connectivity index (χ0) is 19.7. The normalized spacial score (nSPS) is 16.3. The summed E-state index contributed by atoms with van der Waals surface area (Å²) in [6, 6.07) is 3.68. The molecule has 1 amide bonds. The van der Waals surface area contributed by atoms with Gasteiger partial charge in [0.25, 0.3) is 11.8 Å². The summed E-state index contributed by atoms with van der Waals surface area (Å²) in [5.74, 6) is 0.897. The number of aryl methyl sites for hydroxylation is 1. The smallest absolute Gasteiger partial charge is 0.261 e. The molecule has 0 N–H and O–H groups in total. The number of methoxy groups -OCH3 is 2. The van der Waals surface area contributed by atoms with Gasteiger partial charge in [0.2, 0.25) is 0 Å². The third-order valence-electron chi connectivity index (χ3n) is 4.81. The van der Waals surface area contributed by atoms with Crippen molar-refractivity contribution in [1.29, 1.82) is 0 Å². The van der Waals surface area contributed by atoms with Gasteiger partial charge < -0.3 is 14.4 Å². The van der Waals surface area contributed by atoms with Crippen LogP contribution in [0.15, 0.2) is 42.8 Å². The van der Waals surface area contributed by atoms with Gasteiger partial charge in [-0.25, -0.2) is 4.98 Å². The van der Waals surface area contributed by atoms with E-state index in [2.05, 4.69) is 16.5 Å². The maximum Gasteiger partial charge on any atom is 0.261 e. The first-order valence-electron chi connectivity index (χ1n) is 8.69. The van der Waals surface area contributed by atoms with Gasteiger partial charge in [0.15, 0.2) is 5.75 Å². The molecule has 27 heavy (non-hydrogen) atoms. The number of carbonyl (C=O) groups excluding carboxylic acids is 1. The van der Waals surface area contributed by atoms with Gasteiger partial charge >= 0.3 is 0 Å². The number of aromatic nitrogens is 2. The second-order valence-electron chi connectivity index (χ2n) is 6.26. The van der Waals surface area contributed by atoms with Crippen LogP contribution in [0.2, 0.25) is 0 Å².